The number of aliphatic carboxylic acids is 3. The Labute approximate surface area is 159 Å². The van der Waals surface area contributed by atoms with Crippen LogP contribution >= 0.6 is 11.8 Å². The average molecular weight is 398 g/mol. The predicted molar refractivity (Wildman–Crippen MR) is 104 cm³/mol. The molecule has 0 amide bonds. The Bertz CT molecular complexity index is 409. The molecule has 0 rings (SSSR count). The number of nitrogens with two attached hydrogens (primary N) is 3. The number of carbonyl (C=O) groups is 3. The largest absolute Gasteiger partial charge is 0.480 e. The summed E-state index contributed by atoms with van der Waals surface area (Å²) in [6.07, 6.45) is 3.29. The van der Waals surface area contributed by atoms with Gasteiger partial charge in [-0.05, 0) is 30.3 Å². The molecule has 0 spiro atoms. The number of rotatable bonds is 9. The fourth-order valence-electron chi connectivity index (χ4n) is 1.15. The maximum atomic E-state index is 10.2. The molecule has 0 saturated carbocycles. The molecule has 0 heterocycles. The van der Waals surface area contributed by atoms with Gasteiger partial charge in [-0.25, -0.2) is 0 Å². The Morgan fingerprint density at radius 3 is 1.46 bits per heavy atom. The highest BCUT2D eigenvalue weighted by molar-refractivity contribution is 7.98. The van der Waals surface area contributed by atoms with Gasteiger partial charge in [0.2, 0.25) is 0 Å². The number of hydrogen-bond acceptors (Lipinski definition) is 7. The van der Waals surface area contributed by atoms with E-state index in [0.717, 1.165) is 12.2 Å². The standard InChI is InChI=1S/C6H13NO2.C5H11NO2S.C5H11NO2/c1-3-4(2)5(7)6(8)9;1-9-3-2-4(6)5(7)8;1-3(2)4(6)5(7)8/h4-5H,3,7H2,1-2H3,(H,8,9);4H,2-3,6H2,1H3,(H,7,8);3-4H,6H2,1-2H3,(H,7,8)/t4-,5-;2*4-/m000/s1. The van der Waals surface area contributed by atoms with Crippen molar-refractivity contribution in [1.82, 2.24) is 0 Å². The molecule has 9 N–H and O–H groups in total. The second-order valence-electron chi connectivity index (χ2n) is 6.08. The zero-order valence-electron chi connectivity index (χ0n) is 16.2. The molecule has 26 heavy (non-hydrogen) atoms. The zero-order valence-corrected chi connectivity index (χ0v) is 17.0. The van der Waals surface area contributed by atoms with Crippen molar-refractivity contribution in [2.45, 2.75) is 58.7 Å². The van der Waals surface area contributed by atoms with E-state index in [1.54, 1.807) is 25.6 Å². The minimum Gasteiger partial charge on any atom is -0.480 e. The normalized spacial score (nSPS) is 14.7. The third-order valence-electron chi connectivity index (χ3n) is 3.50. The van der Waals surface area contributed by atoms with Gasteiger partial charge in [0.15, 0.2) is 0 Å². The SMILES string of the molecule is CC(C)[C@H](N)C(=O)O.CC[C@H](C)[C@H](N)C(=O)O.CSCC[C@H](N)C(=O)O. The van der Waals surface area contributed by atoms with Crippen molar-refractivity contribution < 1.29 is 29.7 Å². The van der Waals surface area contributed by atoms with Gasteiger partial charge in [0, 0.05) is 0 Å². The van der Waals surface area contributed by atoms with Gasteiger partial charge in [-0.1, -0.05) is 34.1 Å². The molecule has 0 unspecified atom stereocenters. The van der Waals surface area contributed by atoms with E-state index in [4.69, 9.17) is 32.5 Å². The molecule has 156 valence electrons. The quantitative estimate of drug-likeness (QED) is 0.322. The molecule has 10 heteroatoms. The summed E-state index contributed by atoms with van der Waals surface area (Å²) in [4.78, 5) is 30.3. The van der Waals surface area contributed by atoms with Gasteiger partial charge in [0.05, 0.1) is 0 Å². The smallest absolute Gasteiger partial charge is 0.320 e. The highest BCUT2D eigenvalue weighted by Gasteiger charge is 2.17. The van der Waals surface area contributed by atoms with E-state index in [9.17, 15) is 14.4 Å². The first-order valence-corrected chi connectivity index (χ1v) is 9.66. The second kappa shape index (κ2) is 17.1. The molecule has 0 aromatic carbocycles. The first-order chi connectivity index (χ1) is 11.8. The highest BCUT2D eigenvalue weighted by Crippen LogP contribution is 2.04. The summed E-state index contributed by atoms with van der Waals surface area (Å²) in [6, 6.07) is -2.09. The zero-order chi connectivity index (χ0) is 21.4. The van der Waals surface area contributed by atoms with E-state index < -0.39 is 36.0 Å². The van der Waals surface area contributed by atoms with Crippen LogP contribution in [0.3, 0.4) is 0 Å². The molecule has 0 radical (unpaired) electrons. The third-order valence-corrected chi connectivity index (χ3v) is 4.14. The first-order valence-electron chi connectivity index (χ1n) is 8.27. The molecule has 0 aliphatic heterocycles. The van der Waals surface area contributed by atoms with Crippen molar-refractivity contribution in [3.63, 3.8) is 0 Å². The summed E-state index contributed by atoms with van der Waals surface area (Å²) in [6.45, 7) is 7.31. The Morgan fingerprint density at radius 2 is 1.31 bits per heavy atom. The molecule has 0 saturated heterocycles. The van der Waals surface area contributed by atoms with Crippen molar-refractivity contribution >= 4 is 29.7 Å². The highest BCUT2D eigenvalue weighted by atomic mass is 32.2. The van der Waals surface area contributed by atoms with Crippen molar-refractivity contribution in [3.8, 4) is 0 Å². The molecule has 0 aliphatic rings. The van der Waals surface area contributed by atoms with Crippen LogP contribution in [0, 0.1) is 11.8 Å². The molecule has 0 fully saturated rings. The Kier molecular flexibility index (Phi) is 19.3. The van der Waals surface area contributed by atoms with Gasteiger partial charge in [-0.2, -0.15) is 11.8 Å². The molecule has 0 aliphatic carbocycles. The third kappa shape index (κ3) is 17.5. The van der Waals surface area contributed by atoms with E-state index in [2.05, 4.69) is 0 Å². The summed E-state index contributed by atoms with van der Waals surface area (Å²) in [7, 11) is 0. The number of thioether (sulfide) groups is 1. The van der Waals surface area contributed by atoms with Gasteiger partial charge in [0.25, 0.3) is 0 Å². The molecule has 0 aromatic rings. The lowest BCUT2D eigenvalue weighted by Gasteiger charge is -2.11. The molecule has 9 nitrogen and oxygen atoms in total. The summed E-state index contributed by atoms with van der Waals surface area (Å²) < 4.78 is 0. The molecule has 0 aromatic heterocycles. The van der Waals surface area contributed by atoms with E-state index in [1.807, 2.05) is 20.1 Å². The van der Waals surface area contributed by atoms with E-state index in [1.165, 1.54) is 0 Å². The summed E-state index contributed by atoms with van der Waals surface area (Å²) in [5, 5.41) is 24.9. The summed E-state index contributed by atoms with van der Waals surface area (Å²) in [5.41, 5.74) is 15.6. The van der Waals surface area contributed by atoms with Crippen molar-refractivity contribution in [2.24, 2.45) is 29.0 Å². The fraction of sp³-hybridized carbons (Fsp3) is 0.812. The van der Waals surface area contributed by atoms with Gasteiger partial charge in [-0.3, -0.25) is 14.4 Å². The van der Waals surface area contributed by atoms with Crippen LogP contribution in [0.2, 0.25) is 0 Å². The van der Waals surface area contributed by atoms with Crippen molar-refractivity contribution in [2.75, 3.05) is 12.0 Å². The van der Waals surface area contributed by atoms with Crippen LogP contribution in [0.25, 0.3) is 0 Å². The van der Waals surface area contributed by atoms with Crippen LogP contribution in [-0.4, -0.2) is 63.4 Å². The van der Waals surface area contributed by atoms with Crippen LogP contribution in [0.4, 0.5) is 0 Å². The minimum atomic E-state index is -0.931. The number of carboxylic acid groups (broad SMARTS) is 3. The van der Waals surface area contributed by atoms with Crippen molar-refractivity contribution in [1.29, 1.82) is 0 Å². The van der Waals surface area contributed by atoms with E-state index in [-0.39, 0.29) is 11.8 Å². The van der Waals surface area contributed by atoms with Crippen LogP contribution in [-0.2, 0) is 14.4 Å². The first kappa shape index (κ1) is 29.4. The fourth-order valence-corrected chi connectivity index (χ4v) is 1.64. The lowest BCUT2D eigenvalue weighted by molar-refractivity contribution is -0.140. The van der Waals surface area contributed by atoms with Crippen molar-refractivity contribution in [3.05, 3.63) is 0 Å². The Morgan fingerprint density at radius 1 is 0.885 bits per heavy atom. The van der Waals surface area contributed by atoms with Gasteiger partial charge in [0.1, 0.15) is 18.1 Å². The summed E-state index contributed by atoms with van der Waals surface area (Å²) in [5.74, 6) is -1.85. The molecule has 4 atom stereocenters. The molecule has 0 bridgehead atoms. The minimum absolute atomic E-state index is 0.0208. The maximum absolute atomic E-state index is 10.2. The lowest BCUT2D eigenvalue weighted by Crippen LogP contribution is -2.36. The Balaban J connectivity index is -0.000000306. The van der Waals surface area contributed by atoms with Crippen LogP contribution in [0.15, 0.2) is 0 Å². The van der Waals surface area contributed by atoms with E-state index >= 15 is 0 Å². The lowest BCUT2D eigenvalue weighted by atomic mass is 10.0. The van der Waals surface area contributed by atoms with Crippen LogP contribution in [0.5, 0.6) is 0 Å². The average Bonchev–Trinajstić information content (AvgIpc) is 2.57. The maximum Gasteiger partial charge on any atom is 0.320 e. The Hall–Kier alpha value is -1.36. The number of hydrogen-bond donors (Lipinski definition) is 6. The second-order valence-corrected chi connectivity index (χ2v) is 7.07. The van der Waals surface area contributed by atoms with Gasteiger partial charge in [-0.15, -0.1) is 0 Å². The topological polar surface area (TPSA) is 190 Å². The number of carboxylic acids is 3. The molecular formula is C16H35N3O6S. The van der Waals surface area contributed by atoms with Crippen LogP contribution < -0.4 is 17.2 Å². The monoisotopic (exact) mass is 397 g/mol. The van der Waals surface area contributed by atoms with Crippen LogP contribution in [0.1, 0.15) is 40.5 Å². The van der Waals surface area contributed by atoms with E-state index in [0.29, 0.717) is 6.42 Å². The van der Waals surface area contributed by atoms with Gasteiger partial charge >= 0.3 is 17.9 Å². The van der Waals surface area contributed by atoms with Gasteiger partial charge < -0.3 is 32.5 Å². The predicted octanol–water partition coefficient (Wildman–Crippen LogP) is 0.650. The molecular weight excluding hydrogens is 362 g/mol. The summed E-state index contributed by atoms with van der Waals surface area (Å²) >= 11 is 1.60.